The van der Waals surface area contributed by atoms with Crippen LogP contribution in [0.1, 0.15) is 39.0 Å². The van der Waals surface area contributed by atoms with E-state index in [4.69, 9.17) is 5.73 Å². The summed E-state index contributed by atoms with van der Waals surface area (Å²) >= 11 is 0. The lowest BCUT2D eigenvalue weighted by Crippen LogP contribution is -2.35. The van der Waals surface area contributed by atoms with E-state index in [-0.39, 0.29) is 11.9 Å². The average Bonchev–Trinajstić information content (AvgIpc) is 2.16. The SMILES string of the molecule is CC(N)CCC(=O)NC1CC=CCC1. The molecule has 14 heavy (non-hydrogen) atoms. The second kappa shape index (κ2) is 5.81. The van der Waals surface area contributed by atoms with Crippen LogP contribution in [0.4, 0.5) is 0 Å². The summed E-state index contributed by atoms with van der Waals surface area (Å²) in [4.78, 5) is 11.4. The zero-order valence-corrected chi connectivity index (χ0v) is 8.83. The van der Waals surface area contributed by atoms with Crippen LogP contribution < -0.4 is 11.1 Å². The molecule has 0 aliphatic heterocycles. The Hall–Kier alpha value is -0.830. The van der Waals surface area contributed by atoms with Crippen LogP contribution >= 0.6 is 0 Å². The van der Waals surface area contributed by atoms with Crippen molar-refractivity contribution in [3.05, 3.63) is 12.2 Å². The molecule has 0 radical (unpaired) electrons. The molecule has 1 aliphatic carbocycles. The van der Waals surface area contributed by atoms with Crippen molar-refractivity contribution in [3.63, 3.8) is 0 Å². The number of amides is 1. The summed E-state index contributed by atoms with van der Waals surface area (Å²) in [6.45, 7) is 1.93. The van der Waals surface area contributed by atoms with Crippen LogP contribution in [-0.2, 0) is 4.79 Å². The van der Waals surface area contributed by atoms with Crippen molar-refractivity contribution < 1.29 is 4.79 Å². The molecule has 0 fully saturated rings. The molecule has 0 saturated carbocycles. The number of hydrogen-bond donors (Lipinski definition) is 2. The summed E-state index contributed by atoms with van der Waals surface area (Å²) in [5.41, 5.74) is 5.58. The van der Waals surface area contributed by atoms with Crippen LogP contribution in [0.25, 0.3) is 0 Å². The first-order valence-corrected chi connectivity index (χ1v) is 5.38. The summed E-state index contributed by atoms with van der Waals surface area (Å²) < 4.78 is 0. The average molecular weight is 196 g/mol. The third-order valence-electron chi connectivity index (χ3n) is 2.46. The second-order valence-electron chi connectivity index (χ2n) is 4.06. The van der Waals surface area contributed by atoms with Gasteiger partial charge >= 0.3 is 0 Å². The van der Waals surface area contributed by atoms with E-state index in [9.17, 15) is 4.79 Å². The lowest BCUT2D eigenvalue weighted by molar-refractivity contribution is -0.122. The van der Waals surface area contributed by atoms with Gasteiger partial charge in [-0.15, -0.1) is 0 Å². The quantitative estimate of drug-likeness (QED) is 0.667. The predicted octanol–water partition coefficient (Wildman–Crippen LogP) is 1.34. The first-order chi connectivity index (χ1) is 6.68. The molecular formula is C11H20N2O. The molecule has 0 heterocycles. The van der Waals surface area contributed by atoms with Crippen LogP contribution in [0.3, 0.4) is 0 Å². The largest absolute Gasteiger partial charge is 0.353 e. The molecular weight excluding hydrogens is 176 g/mol. The maximum absolute atomic E-state index is 11.4. The van der Waals surface area contributed by atoms with Crippen molar-refractivity contribution in [2.24, 2.45) is 5.73 Å². The number of carbonyl (C=O) groups is 1. The summed E-state index contributed by atoms with van der Waals surface area (Å²) in [7, 11) is 0. The number of rotatable bonds is 4. The standard InChI is InChI=1S/C11H20N2O/c1-9(12)7-8-11(14)13-10-5-3-2-4-6-10/h2-3,9-10H,4-8,12H2,1H3,(H,13,14). The number of hydrogen-bond acceptors (Lipinski definition) is 2. The Balaban J connectivity index is 2.16. The Morgan fingerprint density at radius 2 is 2.43 bits per heavy atom. The van der Waals surface area contributed by atoms with Crippen LogP contribution in [-0.4, -0.2) is 18.0 Å². The van der Waals surface area contributed by atoms with Crippen molar-refractivity contribution in [1.82, 2.24) is 5.32 Å². The minimum Gasteiger partial charge on any atom is -0.353 e. The van der Waals surface area contributed by atoms with Gasteiger partial charge in [0.05, 0.1) is 0 Å². The molecule has 3 heteroatoms. The highest BCUT2D eigenvalue weighted by Gasteiger charge is 2.12. The molecule has 3 nitrogen and oxygen atoms in total. The van der Waals surface area contributed by atoms with Gasteiger partial charge in [-0.2, -0.15) is 0 Å². The van der Waals surface area contributed by atoms with Gasteiger partial charge in [0.2, 0.25) is 5.91 Å². The lowest BCUT2D eigenvalue weighted by atomic mass is 10.0. The fourth-order valence-corrected chi connectivity index (χ4v) is 1.58. The number of nitrogens with one attached hydrogen (secondary N) is 1. The van der Waals surface area contributed by atoms with Gasteiger partial charge in [-0.3, -0.25) is 4.79 Å². The van der Waals surface area contributed by atoms with Crippen molar-refractivity contribution in [2.75, 3.05) is 0 Å². The monoisotopic (exact) mass is 196 g/mol. The summed E-state index contributed by atoms with van der Waals surface area (Å²) in [5, 5.41) is 3.03. The zero-order valence-electron chi connectivity index (χ0n) is 8.83. The molecule has 0 saturated heterocycles. The molecule has 0 aromatic heterocycles. The van der Waals surface area contributed by atoms with Crippen molar-refractivity contribution in [2.45, 2.75) is 51.1 Å². The zero-order chi connectivity index (χ0) is 10.4. The van der Waals surface area contributed by atoms with Crippen molar-refractivity contribution in [1.29, 1.82) is 0 Å². The van der Waals surface area contributed by atoms with Gasteiger partial charge in [0, 0.05) is 18.5 Å². The third kappa shape index (κ3) is 4.42. The van der Waals surface area contributed by atoms with E-state index in [1.54, 1.807) is 0 Å². The second-order valence-corrected chi connectivity index (χ2v) is 4.06. The Labute approximate surface area is 85.7 Å². The molecule has 1 aliphatic rings. The van der Waals surface area contributed by atoms with Crippen LogP contribution in [0, 0.1) is 0 Å². The van der Waals surface area contributed by atoms with Gasteiger partial charge in [-0.05, 0) is 32.6 Å². The first-order valence-electron chi connectivity index (χ1n) is 5.38. The van der Waals surface area contributed by atoms with Crippen molar-refractivity contribution >= 4 is 5.91 Å². The molecule has 1 rings (SSSR count). The molecule has 2 unspecified atom stereocenters. The Kier molecular flexibility index (Phi) is 4.66. The van der Waals surface area contributed by atoms with E-state index in [2.05, 4.69) is 17.5 Å². The molecule has 0 spiro atoms. The molecule has 1 amide bonds. The number of nitrogens with two attached hydrogens (primary N) is 1. The maximum Gasteiger partial charge on any atom is 0.220 e. The highest BCUT2D eigenvalue weighted by Crippen LogP contribution is 2.10. The lowest BCUT2D eigenvalue weighted by Gasteiger charge is -2.19. The molecule has 0 bridgehead atoms. The minimum atomic E-state index is 0.118. The minimum absolute atomic E-state index is 0.118. The van der Waals surface area contributed by atoms with E-state index in [0.717, 1.165) is 25.7 Å². The summed E-state index contributed by atoms with van der Waals surface area (Å²) in [6, 6.07) is 0.465. The normalized spacial score (nSPS) is 23.1. The van der Waals surface area contributed by atoms with E-state index >= 15 is 0 Å². The molecule has 3 N–H and O–H groups in total. The first kappa shape index (κ1) is 11.2. The maximum atomic E-state index is 11.4. The molecule has 0 aromatic rings. The summed E-state index contributed by atoms with van der Waals surface area (Å²) in [6.07, 6.45) is 8.76. The fraction of sp³-hybridized carbons (Fsp3) is 0.727. The topological polar surface area (TPSA) is 55.1 Å². The van der Waals surface area contributed by atoms with Gasteiger partial charge < -0.3 is 11.1 Å². The fourth-order valence-electron chi connectivity index (χ4n) is 1.58. The molecule has 80 valence electrons. The van der Waals surface area contributed by atoms with Crippen LogP contribution in [0.2, 0.25) is 0 Å². The van der Waals surface area contributed by atoms with E-state index < -0.39 is 0 Å². The van der Waals surface area contributed by atoms with Gasteiger partial charge in [-0.1, -0.05) is 12.2 Å². The van der Waals surface area contributed by atoms with E-state index in [0.29, 0.717) is 12.5 Å². The summed E-state index contributed by atoms with van der Waals surface area (Å²) in [5.74, 6) is 0.141. The molecule has 0 aromatic carbocycles. The van der Waals surface area contributed by atoms with E-state index in [1.165, 1.54) is 0 Å². The number of allylic oxidation sites excluding steroid dienone is 1. The Morgan fingerprint density at radius 3 is 3.00 bits per heavy atom. The van der Waals surface area contributed by atoms with E-state index in [1.807, 2.05) is 6.92 Å². The number of carbonyl (C=O) groups excluding carboxylic acids is 1. The smallest absolute Gasteiger partial charge is 0.220 e. The Bertz CT molecular complexity index is 211. The highest BCUT2D eigenvalue weighted by atomic mass is 16.1. The van der Waals surface area contributed by atoms with Gasteiger partial charge in [0.25, 0.3) is 0 Å². The predicted molar refractivity (Wildman–Crippen MR) is 57.8 cm³/mol. The third-order valence-corrected chi connectivity index (χ3v) is 2.46. The van der Waals surface area contributed by atoms with Gasteiger partial charge in [0.15, 0.2) is 0 Å². The van der Waals surface area contributed by atoms with Gasteiger partial charge in [-0.25, -0.2) is 0 Å². The van der Waals surface area contributed by atoms with Gasteiger partial charge in [0.1, 0.15) is 0 Å². The highest BCUT2D eigenvalue weighted by molar-refractivity contribution is 5.76. The molecule has 2 atom stereocenters. The van der Waals surface area contributed by atoms with Crippen LogP contribution in [0.15, 0.2) is 12.2 Å². The van der Waals surface area contributed by atoms with Crippen molar-refractivity contribution in [3.8, 4) is 0 Å². The Morgan fingerprint density at radius 1 is 1.64 bits per heavy atom. The van der Waals surface area contributed by atoms with Crippen LogP contribution in [0.5, 0.6) is 0 Å².